The molecule has 0 aromatic heterocycles. The Morgan fingerprint density at radius 2 is 1.94 bits per heavy atom. The van der Waals surface area contributed by atoms with Gasteiger partial charge >= 0.3 is 0 Å². The molecule has 0 aliphatic heterocycles. The second kappa shape index (κ2) is 5.85. The summed E-state index contributed by atoms with van der Waals surface area (Å²) in [6, 6.07) is 14.2. The van der Waals surface area contributed by atoms with Gasteiger partial charge in [0.1, 0.15) is 0 Å². The lowest BCUT2D eigenvalue weighted by Gasteiger charge is -1.98. The van der Waals surface area contributed by atoms with Crippen LogP contribution < -0.4 is 11.1 Å². The lowest BCUT2D eigenvalue weighted by atomic mass is 10.1. The molecule has 0 aliphatic rings. The molecule has 0 radical (unpaired) electrons. The summed E-state index contributed by atoms with van der Waals surface area (Å²) in [5.74, 6) is 5.71. The van der Waals surface area contributed by atoms with Crippen LogP contribution in [0.3, 0.4) is 0 Å². The summed E-state index contributed by atoms with van der Waals surface area (Å²) in [5.41, 5.74) is 6.11. The molecule has 0 atom stereocenters. The number of benzene rings is 2. The van der Waals surface area contributed by atoms with Gasteiger partial charge in [0.2, 0.25) is 5.91 Å². The summed E-state index contributed by atoms with van der Waals surface area (Å²) in [6.45, 7) is 0.320. The topological polar surface area (TPSA) is 55.1 Å². The zero-order valence-electron chi connectivity index (χ0n) is 9.94. The molecule has 0 heterocycles. The Balaban J connectivity index is 2.08. The first-order valence-corrected chi connectivity index (χ1v) is 5.74. The van der Waals surface area contributed by atoms with Crippen molar-refractivity contribution in [2.75, 3.05) is 13.1 Å². The molecule has 2 aromatic rings. The molecule has 0 unspecified atom stereocenters. The highest BCUT2D eigenvalue weighted by molar-refractivity contribution is 5.83. The molecule has 0 spiro atoms. The number of carbonyl (C=O) groups excluding carboxylic acids is 1. The largest absolute Gasteiger partial charge is 0.344 e. The van der Waals surface area contributed by atoms with Crippen molar-refractivity contribution in [1.82, 2.24) is 5.32 Å². The zero-order chi connectivity index (χ0) is 12.8. The van der Waals surface area contributed by atoms with Crippen LogP contribution in [0.4, 0.5) is 0 Å². The van der Waals surface area contributed by atoms with Gasteiger partial charge in [-0.05, 0) is 22.9 Å². The fraction of sp³-hybridized carbons (Fsp3) is 0.133. The smallest absolute Gasteiger partial charge is 0.234 e. The Hall–Kier alpha value is -2.31. The van der Waals surface area contributed by atoms with Crippen molar-refractivity contribution < 1.29 is 4.79 Å². The van der Waals surface area contributed by atoms with Gasteiger partial charge in [-0.1, -0.05) is 42.2 Å². The average Bonchev–Trinajstić information content (AvgIpc) is 2.43. The summed E-state index contributed by atoms with van der Waals surface area (Å²) < 4.78 is 0. The third kappa shape index (κ3) is 3.09. The monoisotopic (exact) mass is 238 g/mol. The first-order valence-electron chi connectivity index (χ1n) is 5.74. The fourth-order valence-corrected chi connectivity index (χ4v) is 1.63. The number of fused-ring (bicyclic) bond motifs is 1. The Morgan fingerprint density at radius 3 is 2.72 bits per heavy atom. The minimum Gasteiger partial charge on any atom is -0.344 e. The van der Waals surface area contributed by atoms with E-state index < -0.39 is 0 Å². The van der Waals surface area contributed by atoms with Crippen LogP contribution in [0.1, 0.15) is 5.56 Å². The van der Waals surface area contributed by atoms with Crippen molar-refractivity contribution in [2.24, 2.45) is 5.73 Å². The third-order valence-corrected chi connectivity index (χ3v) is 2.54. The number of hydrogen-bond donors (Lipinski definition) is 2. The van der Waals surface area contributed by atoms with Crippen LogP contribution in [0.2, 0.25) is 0 Å². The molecule has 18 heavy (non-hydrogen) atoms. The first-order chi connectivity index (χ1) is 8.79. The third-order valence-electron chi connectivity index (χ3n) is 2.54. The molecule has 3 nitrogen and oxygen atoms in total. The zero-order valence-corrected chi connectivity index (χ0v) is 9.94. The van der Waals surface area contributed by atoms with E-state index in [0.29, 0.717) is 6.54 Å². The highest BCUT2D eigenvalue weighted by Gasteiger charge is 1.93. The van der Waals surface area contributed by atoms with Crippen molar-refractivity contribution in [3.8, 4) is 11.8 Å². The second-order valence-corrected chi connectivity index (χ2v) is 3.84. The minimum atomic E-state index is -0.192. The Morgan fingerprint density at radius 1 is 1.17 bits per heavy atom. The van der Waals surface area contributed by atoms with Gasteiger partial charge < -0.3 is 11.1 Å². The Bertz CT molecular complexity index is 623. The minimum absolute atomic E-state index is 0.00233. The van der Waals surface area contributed by atoms with Crippen LogP contribution >= 0.6 is 0 Å². The standard InChI is InChI=1S/C15H14N2O/c16-11-15(18)17-9-3-4-12-7-8-13-5-1-2-6-14(13)10-12/h1-2,5-8,10H,9,11,16H2,(H,17,18). The van der Waals surface area contributed by atoms with Crippen molar-refractivity contribution >= 4 is 16.7 Å². The number of amides is 1. The molecular weight excluding hydrogens is 224 g/mol. The molecule has 0 saturated heterocycles. The summed E-state index contributed by atoms with van der Waals surface area (Å²) in [6.07, 6.45) is 0. The summed E-state index contributed by atoms with van der Waals surface area (Å²) in [7, 11) is 0. The molecule has 90 valence electrons. The van der Waals surface area contributed by atoms with E-state index in [4.69, 9.17) is 5.73 Å². The van der Waals surface area contributed by atoms with Gasteiger partial charge in [-0.2, -0.15) is 0 Å². The predicted molar refractivity (Wildman–Crippen MR) is 72.9 cm³/mol. The van der Waals surface area contributed by atoms with Crippen LogP contribution in [0.15, 0.2) is 42.5 Å². The lowest BCUT2D eigenvalue weighted by molar-refractivity contribution is -0.119. The number of rotatable bonds is 2. The number of carbonyl (C=O) groups is 1. The molecule has 0 saturated carbocycles. The molecule has 1 amide bonds. The van der Waals surface area contributed by atoms with Gasteiger partial charge in [0, 0.05) is 5.56 Å². The SMILES string of the molecule is NCC(=O)NCC#Cc1ccc2ccccc2c1. The van der Waals surface area contributed by atoms with Gasteiger partial charge in [0.05, 0.1) is 13.1 Å². The quantitative estimate of drug-likeness (QED) is 0.774. The first kappa shape index (κ1) is 12.2. The highest BCUT2D eigenvalue weighted by atomic mass is 16.1. The van der Waals surface area contributed by atoms with Crippen molar-refractivity contribution in [3.05, 3.63) is 48.0 Å². The fourth-order valence-electron chi connectivity index (χ4n) is 1.63. The van der Waals surface area contributed by atoms with Gasteiger partial charge in [-0.25, -0.2) is 0 Å². The second-order valence-electron chi connectivity index (χ2n) is 3.84. The lowest BCUT2D eigenvalue weighted by Crippen LogP contribution is -2.30. The van der Waals surface area contributed by atoms with Crippen LogP contribution in [0, 0.1) is 11.8 Å². The van der Waals surface area contributed by atoms with E-state index >= 15 is 0 Å². The molecule has 0 bridgehead atoms. The summed E-state index contributed by atoms with van der Waals surface area (Å²) in [5, 5.41) is 4.96. The van der Waals surface area contributed by atoms with Crippen LogP contribution in [-0.4, -0.2) is 19.0 Å². The summed E-state index contributed by atoms with van der Waals surface area (Å²) >= 11 is 0. The van der Waals surface area contributed by atoms with Crippen molar-refractivity contribution in [2.45, 2.75) is 0 Å². The van der Waals surface area contributed by atoms with E-state index in [1.165, 1.54) is 5.39 Å². The van der Waals surface area contributed by atoms with E-state index in [1.54, 1.807) is 0 Å². The molecule has 0 aliphatic carbocycles. The van der Waals surface area contributed by atoms with Gasteiger partial charge in [-0.15, -0.1) is 0 Å². The number of hydrogen-bond acceptors (Lipinski definition) is 2. The Labute approximate surface area is 106 Å². The van der Waals surface area contributed by atoms with E-state index in [1.807, 2.05) is 30.3 Å². The highest BCUT2D eigenvalue weighted by Crippen LogP contribution is 2.14. The van der Waals surface area contributed by atoms with Crippen LogP contribution in [0.25, 0.3) is 10.8 Å². The maximum Gasteiger partial charge on any atom is 0.234 e. The molecular formula is C15H14N2O. The van der Waals surface area contributed by atoms with E-state index in [0.717, 1.165) is 10.9 Å². The van der Waals surface area contributed by atoms with Crippen molar-refractivity contribution in [3.63, 3.8) is 0 Å². The summed E-state index contributed by atoms with van der Waals surface area (Å²) in [4.78, 5) is 10.9. The van der Waals surface area contributed by atoms with Crippen LogP contribution in [0.5, 0.6) is 0 Å². The molecule has 2 rings (SSSR count). The molecule has 3 heteroatoms. The Kier molecular flexibility index (Phi) is 3.95. The van der Waals surface area contributed by atoms with E-state index in [9.17, 15) is 4.79 Å². The van der Waals surface area contributed by atoms with E-state index in [2.05, 4.69) is 29.3 Å². The van der Waals surface area contributed by atoms with Gasteiger partial charge in [0.25, 0.3) is 0 Å². The van der Waals surface area contributed by atoms with Crippen molar-refractivity contribution in [1.29, 1.82) is 0 Å². The maximum atomic E-state index is 10.9. The average molecular weight is 238 g/mol. The van der Waals surface area contributed by atoms with Crippen LogP contribution in [-0.2, 0) is 4.79 Å². The van der Waals surface area contributed by atoms with E-state index in [-0.39, 0.29) is 12.5 Å². The molecule has 3 N–H and O–H groups in total. The predicted octanol–water partition coefficient (Wildman–Crippen LogP) is 1.27. The van der Waals surface area contributed by atoms with Gasteiger partial charge in [0.15, 0.2) is 0 Å². The maximum absolute atomic E-state index is 10.9. The molecule has 0 fully saturated rings. The van der Waals surface area contributed by atoms with Gasteiger partial charge in [-0.3, -0.25) is 4.79 Å². The number of nitrogens with one attached hydrogen (secondary N) is 1. The number of nitrogens with two attached hydrogens (primary N) is 1. The molecule has 2 aromatic carbocycles. The normalized spacial score (nSPS) is 9.61.